The van der Waals surface area contributed by atoms with E-state index in [2.05, 4.69) is 32.9 Å². The van der Waals surface area contributed by atoms with Gasteiger partial charge in [-0.25, -0.2) is 4.79 Å². The second-order valence-corrected chi connectivity index (χ2v) is 10.7. The molecule has 0 aromatic heterocycles. The Labute approximate surface area is 181 Å². The van der Waals surface area contributed by atoms with Crippen LogP contribution in [0, 0.1) is 28.6 Å². The second kappa shape index (κ2) is 7.39. The maximum absolute atomic E-state index is 12.6. The number of benzene rings is 1. The Kier molecular flexibility index (Phi) is 4.95. The summed E-state index contributed by atoms with van der Waals surface area (Å²) in [6, 6.07) is 9.43. The molecule has 0 saturated heterocycles. The number of fused-ring (bicyclic) bond motifs is 5. The van der Waals surface area contributed by atoms with Crippen molar-refractivity contribution >= 4 is 5.97 Å². The molecule has 0 bridgehead atoms. The Morgan fingerprint density at radius 3 is 2.53 bits per heavy atom. The highest BCUT2D eigenvalue weighted by molar-refractivity contribution is 5.89. The molecule has 160 valence electrons. The first-order valence-corrected chi connectivity index (χ1v) is 12.1. The molecular weight excluding hydrogens is 368 g/mol. The van der Waals surface area contributed by atoms with Crippen LogP contribution in [-0.2, 0) is 4.74 Å². The van der Waals surface area contributed by atoms with Gasteiger partial charge in [0.15, 0.2) is 0 Å². The number of rotatable bonds is 2. The van der Waals surface area contributed by atoms with E-state index in [4.69, 9.17) is 4.74 Å². The minimum absolute atomic E-state index is 0.0311. The minimum atomic E-state index is -0.170. The predicted octanol–water partition coefficient (Wildman–Crippen LogP) is 7.12. The number of hydrogen-bond donors (Lipinski definition) is 0. The molecule has 0 aliphatic heterocycles. The van der Waals surface area contributed by atoms with Gasteiger partial charge in [-0.15, -0.1) is 0 Å². The van der Waals surface area contributed by atoms with Crippen LogP contribution < -0.4 is 0 Å². The van der Waals surface area contributed by atoms with Gasteiger partial charge in [0.25, 0.3) is 0 Å². The molecular formula is C28H36O2. The first-order chi connectivity index (χ1) is 14.5. The van der Waals surface area contributed by atoms with Gasteiger partial charge in [0.1, 0.15) is 6.10 Å². The second-order valence-electron chi connectivity index (χ2n) is 10.7. The van der Waals surface area contributed by atoms with E-state index < -0.39 is 0 Å². The fraction of sp³-hybridized carbons (Fsp3) is 0.607. The SMILES string of the molecule is C/C=C1/CC[C@H]2[C@@H]3CC=C4C[C@@H](OC(=O)c5ccccc5)CC[C@]4(C)[C@H]3CC[C@]12C. The molecule has 4 aliphatic carbocycles. The van der Waals surface area contributed by atoms with E-state index >= 15 is 0 Å². The zero-order valence-corrected chi connectivity index (χ0v) is 18.8. The maximum Gasteiger partial charge on any atom is 0.338 e. The number of esters is 1. The Balaban J connectivity index is 1.33. The van der Waals surface area contributed by atoms with E-state index in [1.807, 2.05) is 30.3 Å². The van der Waals surface area contributed by atoms with Crippen molar-refractivity contribution < 1.29 is 9.53 Å². The molecule has 1 aromatic rings. The molecule has 3 fully saturated rings. The molecule has 30 heavy (non-hydrogen) atoms. The number of ether oxygens (including phenoxy) is 1. The van der Waals surface area contributed by atoms with Gasteiger partial charge in [0, 0.05) is 6.42 Å². The van der Waals surface area contributed by atoms with Crippen LogP contribution in [0.3, 0.4) is 0 Å². The van der Waals surface area contributed by atoms with Gasteiger partial charge in [-0.3, -0.25) is 0 Å². The summed E-state index contributed by atoms with van der Waals surface area (Å²) in [5.74, 6) is 2.32. The number of carbonyl (C=O) groups is 1. The molecule has 0 N–H and O–H groups in total. The summed E-state index contributed by atoms with van der Waals surface area (Å²) in [6.45, 7) is 7.32. The summed E-state index contributed by atoms with van der Waals surface area (Å²) in [7, 11) is 0. The molecule has 5 rings (SSSR count). The molecule has 0 spiro atoms. The average Bonchev–Trinajstić information content (AvgIpc) is 3.11. The van der Waals surface area contributed by atoms with Crippen LogP contribution in [0.15, 0.2) is 53.6 Å². The molecule has 2 heteroatoms. The third-order valence-electron chi connectivity index (χ3n) is 9.54. The molecule has 0 unspecified atom stereocenters. The first kappa shape index (κ1) is 20.1. The van der Waals surface area contributed by atoms with Crippen LogP contribution in [0.4, 0.5) is 0 Å². The molecule has 0 amide bonds. The Bertz CT molecular complexity index is 881. The summed E-state index contributed by atoms with van der Waals surface area (Å²) in [6.07, 6.45) is 14.7. The van der Waals surface area contributed by atoms with E-state index in [-0.39, 0.29) is 12.1 Å². The van der Waals surface area contributed by atoms with E-state index in [0.717, 1.165) is 37.0 Å². The standard InChI is InChI=1S/C28H36O2/c1-4-20-11-13-24-23-12-10-21-18-22(30-26(29)19-8-6-5-7-9-19)14-16-28(21,3)25(23)15-17-27(20,24)2/h4-10,22-25H,11-18H2,1-3H3/b20-4-/t22-,23-,24-,25-,27+,28-/m0/s1. The zero-order chi connectivity index (χ0) is 20.9. The highest BCUT2D eigenvalue weighted by Gasteiger charge is 2.57. The van der Waals surface area contributed by atoms with Crippen LogP contribution in [0.1, 0.15) is 82.5 Å². The monoisotopic (exact) mass is 404 g/mol. The third-order valence-corrected chi connectivity index (χ3v) is 9.54. The minimum Gasteiger partial charge on any atom is -0.458 e. The Morgan fingerprint density at radius 1 is 1.03 bits per heavy atom. The van der Waals surface area contributed by atoms with Gasteiger partial charge in [0.2, 0.25) is 0 Å². The summed E-state index contributed by atoms with van der Waals surface area (Å²) < 4.78 is 5.93. The fourth-order valence-corrected chi connectivity index (χ4v) is 7.84. The zero-order valence-electron chi connectivity index (χ0n) is 18.8. The van der Waals surface area contributed by atoms with Crippen molar-refractivity contribution in [2.75, 3.05) is 0 Å². The Morgan fingerprint density at radius 2 is 1.77 bits per heavy atom. The lowest BCUT2D eigenvalue weighted by molar-refractivity contribution is -0.0330. The summed E-state index contributed by atoms with van der Waals surface area (Å²) in [5, 5.41) is 0. The maximum atomic E-state index is 12.6. The smallest absolute Gasteiger partial charge is 0.338 e. The number of carbonyl (C=O) groups excluding carboxylic acids is 1. The lowest BCUT2D eigenvalue weighted by atomic mass is 9.48. The van der Waals surface area contributed by atoms with E-state index in [1.165, 1.54) is 32.1 Å². The topological polar surface area (TPSA) is 26.3 Å². The molecule has 0 heterocycles. The van der Waals surface area contributed by atoms with E-state index in [1.54, 1.807) is 11.1 Å². The molecule has 4 aliphatic rings. The number of allylic oxidation sites excluding steroid dienone is 3. The van der Waals surface area contributed by atoms with Gasteiger partial charge in [-0.05, 0) is 92.6 Å². The highest BCUT2D eigenvalue weighted by Crippen LogP contribution is 2.66. The molecule has 6 atom stereocenters. The molecule has 2 nitrogen and oxygen atoms in total. The predicted molar refractivity (Wildman–Crippen MR) is 121 cm³/mol. The van der Waals surface area contributed by atoms with Gasteiger partial charge in [0.05, 0.1) is 5.56 Å². The molecule has 0 radical (unpaired) electrons. The van der Waals surface area contributed by atoms with Crippen molar-refractivity contribution in [2.24, 2.45) is 28.6 Å². The van der Waals surface area contributed by atoms with Gasteiger partial charge >= 0.3 is 5.97 Å². The largest absolute Gasteiger partial charge is 0.458 e. The molecule has 3 saturated carbocycles. The van der Waals surface area contributed by atoms with Gasteiger partial charge in [-0.2, -0.15) is 0 Å². The summed E-state index contributed by atoms with van der Waals surface area (Å²) in [5.41, 5.74) is 4.71. The van der Waals surface area contributed by atoms with Crippen molar-refractivity contribution in [1.29, 1.82) is 0 Å². The highest BCUT2D eigenvalue weighted by atomic mass is 16.5. The molecule has 1 aromatic carbocycles. The average molecular weight is 405 g/mol. The van der Waals surface area contributed by atoms with Gasteiger partial charge < -0.3 is 4.74 Å². The van der Waals surface area contributed by atoms with E-state index in [9.17, 15) is 4.79 Å². The van der Waals surface area contributed by atoms with Crippen LogP contribution in [0.5, 0.6) is 0 Å². The van der Waals surface area contributed by atoms with Crippen molar-refractivity contribution in [2.45, 2.75) is 78.2 Å². The quantitative estimate of drug-likeness (QED) is 0.387. The van der Waals surface area contributed by atoms with Crippen molar-refractivity contribution in [3.8, 4) is 0 Å². The first-order valence-electron chi connectivity index (χ1n) is 12.1. The van der Waals surface area contributed by atoms with Crippen LogP contribution in [0.25, 0.3) is 0 Å². The summed E-state index contributed by atoms with van der Waals surface area (Å²) >= 11 is 0. The van der Waals surface area contributed by atoms with Gasteiger partial charge in [-0.1, -0.05) is 55.3 Å². The Hall–Kier alpha value is -1.83. The van der Waals surface area contributed by atoms with Crippen LogP contribution >= 0.6 is 0 Å². The normalized spacial score (nSPS) is 41.4. The van der Waals surface area contributed by atoms with E-state index in [0.29, 0.717) is 16.4 Å². The van der Waals surface area contributed by atoms with Crippen LogP contribution in [0.2, 0.25) is 0 Å². The summed E-state index contributed by atoms with van der Waals surface area (Å²) in [4.78, 5) is 12.6. The lowest BCUT2D eigenvalue weighted by Gasteiger charge is -2.57. The lowest BCUT2D eigenvalue weighted by Crippen LogP contribution is -2.49. The fourth-order valence-electron chi connectivity index (χ4n) is 7.84. The third kappa shape index (κ3) is 3.01. The van der Waals surface area contributed by atoms with Crippen LogP contribution in [-0.4, -0.2) is 12.1 Å². The van der Waals surface area contributed by atoms with Crippen molar-refractivity contribution in [3.63, 3.8) is 0 Å². The van der Waals surface area contributed by atoms with Crippen molar-refractivity contribution in [3.05, 3.63) is 59.2 Å². The number of hydrogen-bond acceptors (Lipinski definition) is 2. The van der Waals surface area contributed by atoms with Crippen molar-refractivity contribution in [1.82, 2.24) is 0 Å².